The van der Waals surface area contributed by atoms with Gasteiger partial charge in [0, 0.05) is 0 Å². The van der Waals surface area contributed by atoms with Crippen molar-refractivity contribution in [2.75, 3.05) is 0 Å². The van der Waals surface area contributed by atoms with Crippen molar-refractivity contribution in [3.8, 4) is 211 Å². The Kier molecular flexibility index (Phi) is 26.5. The Morgan fingerprint density at radius 1 is 0.0652 bits per heavy atom. The molecule has 0 radical (unpaired) electrons. The van der Waals surface area contributed by atoms with Crippen molar-refractivity contribution in [1.82, 2.24) is 0 Å². The molecule has 658 valence electrons. The fourth-order valence-corrected chi connectivity index (χ4v) is 18.8. The molecule has 0 fully saturated rings. The summed E-state index contributed by atoms with van der Waals surface area (Å²) in [4.78, 5) is 0. The lowest BCUT2D eigenvalue weighted by molar-refractivity contribution is 1.46. The monoisotopic (exact) mass is 1760 g/mol. The van der Waals surface area contributed by atoms with Crippen LogP contribution in [0.25, 0.3) is 211 Å². The minimum absolute atomic E-state index is 1.19. The molecular formula is C138H106. The topological polar surface area (TPSA) is 0 Å². The molecule has 0 saturated heterocycles. The van der Waals surface area contributed by atoms with Gasteiger partial charge in [0.05, 0.1) is 0 Å². The van der Waals surface area contributed by atoms with E-state index in [4.69, 9.17) is 0 Å². The SMILES string of the molecule is Cc1ccc(-c2cc(-c3ccccc3)cc(-c3cc(-c4ccccc4)cc(-c4cc(-c5ccccc5)cc(-c5ccc(C)cc5)c4)c3)c2)cc1.Cc1cccc(-c2cc(-c3ccccc3)cc(-c3ccc(-c4cc(-c5ccccc5)cc(-c5cccc(C)c5)c4)cc3)c2)c1.Cc1cccc(-c2cc(-c3ccccc3)cc(-c3cccc(-c4cc(-c5ccccc5)cc(-c5cccc(C)c5)c4)c3)c2)c1. The van der Waals surface area contributed by atoms with Gasteiger partial charge in [0.2, 0.25) is 0 Å². The second-order valence-corrected chi connectivity index (χ2v) is 36.5. The van der Waals surface area contributed by atoms with E-state index in [0.717, 1.165) is 0 Å². The molecule has 0 unspecified atom stereocenters. The molecule has 0 N–H and O–H groups in total. The van der Waals surface area contributed by atoms with Crippen LogP contribution in [0.15, 0.2) is 534 Å². The second kappa shape index (κ2) is 41.1. The lowest BCUT2D eigenvalue weighted by atomic mass is 9.88. The summed E-state index contributed by atoms with van der Waals surface area (Å²) in [5.41, 5.74) is 53.7. The van der Waals surface area contributed by atoms with E-state index < -0.39 is 0 Å². The van der Waals surface area contributed by atoms with E-state index in [0.29, 0.717) is 0 Å². The first kappa shape index (κ1) is 88.7. The van der Waals surface area contributed by atoms with Crippen molar-refractivity contribution in [3.63, 3.8) is 0 Å². The average molecular weight is 1760 g/mol. The van der Waals surface area contributed by atoms with Crippen molar-refractivity contribution < 1.29 is 0 Å². The van der Waals surface area contributed by atoms with Gasteiger partial charge in [0.1, 0.15) is 0 Å². The molecule has 0 heterocycles. The normalized spacial score (nSPS) is 11.0. The maximum Gasteiger partial charge on any atom is -0.0171 e. The molecular weight excluding hydrogens is 1660 g/mol. The summed E-state index contributed by atoms with van der Waals surface area (Å²) in [6, 6.07) is 195. The summed E-state index contributed by atoms with van der Waals surface area (Å²) in [5, 5.41) is 0. The molecule has 0 aliphatic carbocycles. The van der Waals surface area contributed by atoms with E-state index in [2.05, 4.69) is 575 Å². The lowest BCUT2D eigenvalue weighted by Gasteiger charge is -2.16. The molecule has 0 aliphatic heterocycles. The van der Waals surface area contributed by atoms with Gasteiger partial charge in [-0.25, -0.2) is 0 Å². The first-order valence-corrected chi connectivity index (χ1v) is 47.8. The van der Waals surface area contributed by atoms with Gasteiger partial charge in [-0.15, -0.1) is 0 Å². The maximum absolute atomic E-state index is 2.37. The van der Waals surface area contributed by atoms with Crippen molar-refractivity contribution in [2.45, 2.75) is 41.5 Å². The molecule has 0 aromatic heterocycles. The van der Waals surface area contributed by atoms with E-state index >= 15 is 0 Å². The lowest BCUT2D eigenvalue weighted by Crippen LogP contribution is -1.90. The fourth-order valence-electron chi connectivity index (χ4n) is 18.8. The number of benzene rings is 22. The molecule has 22 aromatic carbocycles. The van der Waals surface area contributed by atoms with E-state index in [1.165, 1.54) is 245 Å². The standard InChI is InChI=1S/C50H38.2C44H34/c1-35-18-22-40(23-19-35)45-26-42(37-12-6-3-7-13-37)28-47(32-45)49-30-44(39-16-10-5-11-17-39)31-50(34-49)48-29-43(38-14-8-4-9-15-38)27-46(33-48)41-24-20-36(2)21-25-41;1-31-12-9-18-35(22-31)41-25-39(33-14-5-3-6-15-33)27-43(29-41)37-20-11-21-38(24-37)44-28-40(34-16-7-4-8-17-34)26-42(30-44)36-19-10-13-32(2)23-36;1-31-11-9-17-37(23-31)43-27-39(33-13-5-3-6-14-33)25-41(29-43)35-19-21-36(22-20-35)42-26-40(34-15-7-4-8-16-34)28-44(30-42)38-18-10-12-32(2)24-38/h3-34H,1-2H3;2*3-30H,1-2H3. The Hall–Kier alpha value is -17.2. The van der Waals surface area contributed by atoms with E-state index in [1.54, 1.807) is 0 Å². The third-order valence-electron chi connectivity index (χ3n) is 26.2. The number of rotatable bonds is 19. The van der Waals surface area contributed by atoms with E-state index in [1.807, 2.05) is 0 Å². The molecule has 0 saturated carbocycles. The Labute approximate surface area is 814 Å². The van der Waals surface area contributed by atoms with Gasteiger partial charge in [-0.1, -0.05) is 434 Å². The molecule has 0 atom stereocenters. The summed E-state index contributed by atoms with van der Waals surface area (Å²) in [7, 11) is 0. The van der Waals surface area contributed by atoms with Gasteiger partial charge >= 0.3 is 0 Å². The molecule has 0 heteroatoms. The zero-order chi connectivity index (χ0) is 93.6. The zero-order valence-electron chi connectivity index (χ0n) is 78.8. The van der Waals surface area contributed by atoms with Gasteiger partial charge < -0.3 is 0 Å². The highest BCUT2D eigenvalue weighted by molar-refractivity contribution is 5.92. The number of aryl methyl sites for hydroxylation is 6. The highest BCUT2D eigenvalue weighted by Crippen LogP contribution is 2.45. The van der Waals surface area contributed by atoms with E-state index in [-0.39, 0.29) is 0 Å². The average Bonchev–Trinajstić information content (AvgIpc) is 0.766. The predicted octanol–water partition coefficient (Wildman–Crippen LogP) is 38.6. The second-order valence-electron chi connectivity index (χ2n) is 36.5. The van der Waals surface area contributed by atoms with Crippen LogP contribution in [-0.4, -0.2) is 0 Å². The van der Waals surface area contributed by atoms with Crippen LogP contribution in [0, 0.1) is 41.5 Å². The van der Waals surface area contributed by atoms with Crippen LogP contribution >= 0.6 is 0 Å². The molecule has 0 bridgehead atoms. The fraction of sp³-hybridized carbons (Fsp3) is 0.0435. The van der Waals surface area contributed by atoms with E-state index in [9.17, 15) is 0 Å². The van der Waals surface area contributed by atoms with Gasteiger partial charge in [0.15, 0.2) is 0 Å². The van der Waals surface area contributed by atoms with Crippen molar-refractivity contribution in [1.29, 1.82) is 0 Å². The molecule has 0 amide bonds. The Bertz CT molecular complexity index is 7560. The third-order valence-corrected chi connectivity index (χ3v) is 26.2. The van der Waals surface area contributed by atoms with Crippen LogP contribution < -0.4 is 0 Å². The Morgan fingerprint density at radius 2 is 0.167 bits per heavy atom. The summed E-state index contributed by atoms with van der Waals surface area (Å²) < 4.78 is 0. The maximum atomic E-state index is 2.37. The highest BCUT2D eigenvalue weighted by atomic mass is 14.2. The van der Waals surface area contributed by atoms with Gasteiger partial charge in [0.25, 0.3) is 0 Å². The molecule has 0 spiro atoms. The molecule has 22 rings (SSSR count). The number of hydrogen-bond acceptors (Lipinski definition) is 0. The Morgan fingerprint density at radius 3 is 0.319 bits per heavy atom. The first-order chi connectivity index (χ1) is 67.7. The minimum atomic E-state index is 1.19. The minimum Gasteiger partial charge on any atom is -0.0622 e. The summed E-state index contributed by atoms with van der Waals surface area (Å²) >= 11 is 0. The van der Waals surface area contributed by atoms with Crippen LogP contribution in [0.2, 0.25) is 0 Å². The predicted molar refractivity (Wildman–Crippen MR) is 591 cm³/mol. The van der Waals surface area contributed by atoms with Crippen LogP contribution in [0.5, 0.6) is 0 Å². The van der Waals surface area contributed by atoms with Crippen LogP contribution in [-0.2, 0) is 0 Å². The largest absolute Gasteiger partial charge is 0.0622 e. The van der Waals surface area contributed by atoms with Gasteiger partial charge in [-0.2, -0.15) is 0 Å². The smallest absolute Gasteiger partial charge is 0.0171 e. The molecule has 0 nitrogen and oxygen atoms in total. The highest BCUT2D eigenvalue weighted by Gasteiger charge is 2.19. The van der Waals surface area contributed by atoms with Gasteiger partial charge in [-0.05, 0) is 386 Å². The van der Waals surface area contributed by atoms with Crippen LogP contribution in [0.4, 0.5) is 0 Å². The zero-order valence-corrected chi connectivity index (χ0v) is 78.8. The van der Waals surface area contributed by atoms with Crippen molar-refractivity contribution in [3.05, 3.63) is 567 Å². The molecule has 22 aromatic rings. The summed E-state index contributed by atoms with van der Waals surface area (Å²) in [6.45, 7) is 12.9. The Balaban J connectivity index is 0.000000128. The molecule has 138 heavy (non-hydrogen) atoms. The van der Waals surface area contributed by atoms with Crippen LogP contribution in [0.3, 0.4) is 0 Å². The van der Waals surface area contributed by atoms with Crippen LogP contribution in [0.1, 0.15) is 33.4 Å². The van der Waals surface area contributed by atoms with Crippen molar-refractivity contribution in [2.24, 2.45) is 0 Å². The van der Waals surface area contributed by atoms with Gasteiger partial charge in [-0.3, -0.25) is 0 Å². The molecule has 0 aliphatic rings. The summed E-state index contributed by atoms with van der Waals surface area (Å²) in [5.74, 6) is 0. The quantitative estimate of drug-likeness (QED) is 0.0757. The summed E-state index contributed by atoms with van der Waals surface area (Å²) in [6.07, 6.45) is 0. The third kappa shape index (κ3) is 21.2. The van der Waals surface area contributed by atoms with Crippen molar-refractivity contribution >= 4 is 0 Å². The first-order valence-electron chi connectivity index (χ1n) is 47.8. The number of hydrogen-bond donors (Lipinski definition) is 0.